The van der Waals surface area contributed by atoms with Crippen LogP contribution in [0.15, 0.2) is 18.2 Å². The van der Waals surface area contributed by atoms with Crippen molar-refractivity contribution in [1.29, 1.82) is 0 Å². The van der Waals surface area contributed by atoms with Crippen LogP contribution in [0.1, 0.15) is 52.5 Å². The summed E-state index contributed by atoms with van der Waals surface area (Å²) in [6.07, 6.45) is 1.09. The summed E-state index contributed by atoms with van der Waals surface area (Å²) < 4.78 is 12.0. The molecule has 0 N–H and O–H groups in total. The van der Waals surface area contributed by atoms with Gasteiger partial charge in [0.25, 0.3) is 0 Å². The third kappa shape index (κ3) is 2.74. The van der Waals surface area contributed by atoms with Crippen LogP contribution >= 0.6 is 0 Å². The Morgan fingerprint density at radius 3 is 2.59 bits per heavy atom. The molecular formula is C15H22O2. The summed E-state index contributed by atoms with van der Waals surface area (Å²) >= 11 is 0. The molecule has 1 aromatic carbocycles. The summed E-state index contributed by atoms with van der Waals surface area (Å²) in [5.41, 5.74) is 1.12. The van der Waals surface area contributed by atoms with Crippen LogP contribution in [-0.2, 0) is 0 Å². The van der Waals surface area contributed by atoms with Gasteiger partial charge in [-0.1, -0.05) is 19.9 Å². The molecule has 1 heterocycles. The second-order valence-electron chi connectivity index (χ2n) is 5.86. The van der Waals surface area contributed by atoms with Gasteiger partial charge in [0.05, 0.1) is 6.10 Å². The first-order valence-corrected chi connectivity index (χ1v) is 6.37. The van der Waals surface area contributed by atoms with Gasteiger partial charge in [0.15, 0.2) is 11.5 Å². The van der Waals surface area contributed by atoms with Gasteiger partial charge in [-0.05, 0) is 44.4 Å². The molecule has 17 heavy (non-hydrogen) atoms. The van der Waals surface area contributed by atoms with E-state index in [4.69, 9.17) is 9.47 Å². The van der Waals surface area contributed by atoms with E-state index in [1.165, 1.54) is 5.56 Å². The van der Waals surface area contributed by atoms with Crippen molar-refractivity contribution < 1.29 is 9.47 Å². The Kier molecular flexibility index (Phi) is 3.07. The summed E-state index contributed by atoms with van der Waals surface area (Å²) in [4.78, 5) is 0. The van der Waals surface area contributed by atoms with Gasteiger partial charge in [0.1, 0.15) is 5.60 Å². The second kappa shape index (κ2) is 4.25. The standard InChI is InChI=1S/C15H22O2/c1-10(2)12-6-7-13-14(8-12)17-15(4,5)9-11(3)16-13/h6-8,10-11H,9H2,1-5H3/t11-/m1/s1. The number of ether oxygens (including phenoxy) is 2. The Labute approximate surface area is 104 Å². The maximum atomic E-state index is 6.08. The Hall–Kier alpha value is -1.18. The summed E-state index contributed by atoms with van der Waals surface area (Å²) in [6.45, 7) is 10.7. The molecule has 0 saturated carbocycles. The van der Waals surface area contributed by atoms with E-state index in [1.54, 1.807) is 0 Å². The summed E-state index contributed by atoms with van der Waals surface area (Å²) in [6, 6.07) is 6.26. The Morgan fingerprint density at radius 1 is 1.24 bits per heavy atom. The maximum Gasteiger partial charge on any atom is 0.162 e. The zero-order chi connectivity index (χ0) is 12.6. The number of benzene rings is 1. The molecule has 0 bridgehead atoms. The van der Waals surface area contributed by atoms with Gasteiger partial charge in [-0.15, -0.1) is 0 Å². The first kappa shape index (κ1) is 12.3. The van der Waals surface area contributed by atoms with Gasteiger partial charge >= 0.3 is 0 Å². The molecule has 0 aromatic heterocycles. The van der Waals surface area contributed by atoms with E-state index < -0.39 is 0 Å². The van der Waals surface area contributed by atoms with Crippen LogP contribution in [-0.4, -0.2) is 11.7 Å². The monoisotopic (exact) mass is 234 g/mol. The van der Waals surface area contributed by atoms with E-state index >= 15 is 0 Å². The lowest BCUT2D eigenvalue weighted by Crippen LogP contribution is -2.31. The predicted molar refractivity (Wildman–Crippen MR) is 69.9 cm³/mol. The van der Waals surface area contributed by atoms with Crippen molar-refractivity contribution >= 4 is 0 Å². The highest BCUT2D eigenvalue weighted by molar-refractivity contribution is 5.44. The third-order valence-corrected chi connectivity index (χ3v) is 3.13. The van der Waals surface area contributed by atoms with Crippen LogP contribution < -0.4 is 9.47 Å². The van der Waals surface area contributed by atoms with Crippen molar-refractivity contribution in [3.05, 3.63) is 23.8 Å². The lowest BCUT2D eigenvalue weighted by Gasteiger charge is -2.25. The van der Waals surface area contributed by atoms with Crippen molar-refractivity contribution in [2.75, 3.05) is 0 Å². The molecule has 1 aromatic rings. The third-order valence-electron chi connectivity index (χ3n) is 3.13. The SMILES string of the molecule is CC(C)c1ccc2c(c1)OC(C)(C)C[C@@H](C)O2. The van der Waals surface area contributed by atoms with Gasteiger partial charge in [-0.3, -0.25) is 0 Å². The lowest BCUT2D eigenvalue weighted by atomic mass is 10.0. The van der Waals surface area contributed by atoms with Gasteiger partial charge in [0, 0.05) is 6.42 Å². The average molecular weight is 234 g/mol. The van der Waals surface area contributed by atoms with E-state index in [1.807, 2.05) is 6.07 Å². The van der Waals surface area contributed by atoms with Gasteiger partial charge in [-0.2, -0.15) is 0 Å². The highest BCUT2D eigenvalue weighted by atomic mass is 16.5. The normalized spacial score (nSPS) is 22.4. The quantitative estimate of drug-likeness (QED) is 0.727. The van der Waals surface area contributed by atoms with E-state index in [0.717, 1.165) is 17.9 Å². The molecule has 0 saturated heterocycles. The Morgan fingerprint density at radius 2 is 1.94 bits per heavy atom. The fourth-order valence-electron chi connectivity index (χ4n) is 2.35. The van der Waals surface area contributed by atoms with E-state index in [9.17, 15) is 0 Å². The smallest absolute Gasteiger partial charge is 0.162 e. The highest BCUT2D eigenvalue weighted by Gasteiger charge is 2.29. The minimum absolute atomic E-state index is 0.166. The van der Waals surface area contributed by atoms with Crippen LogP contribution in [0.4, 0.5) is 0 Å². The van der Waals surface area contributed by atoms with Crippen LogP contribution in [0.2, 0.25) is 0 Å². The average Bonchev–Trinajstić information content (AvgIpc) is 2.29. The van der Waals surface area contributed by atoms with Crippen molar-refractivity contribution in [2.24, 2.45) is 0 Å². The van der Waals surface area contributed by atoms with Crippen molar-refractivity contribution in [3.8, 4) is 11.5 Å². The van der Waals surface area contributed by atoms with Crippen LogP contribution in [0.25, 0.3) is 0 Å². The molecule has 1 aliphatic heterocycles. The predicted octanol–water partition coefficient (Wildman–Crippen LogP) is 4.14. The molecule has 1 aliphatic rings. The van der Waals surface area contributed by atoms with Gasteiger partial charge in [-0.25, -0.2) is 0 Å². The molecule has 0 spiro atoms. The van der Waals surface area contributed by atoms with E-state index in [-0.39, 0.29) is 11.7 Å². The zero-order valence-corrected chi connectivity index (χ0v) is 11.4. The van der Waals surface area contributed by atoms with Crippen LogP contribution in [0, 0.1) is 0 Å². The minimum atomic E-state index is -0.166. The summed E-state index contributed by atoms with van der Waals surface area (Å²) in [7, 11) is 0. The first-order chi connectivity index (χ1) is 7.87. The molecule has 2 heteroatoms. The molecular weight excluding hydrogens is 212 g/mol. The fourth-order valence-corrected chi connectivity index (χ4v) is 2.35. The zero-order valence-electron chi connectivity index (χ0n) is 11.4. The number of hydrogen-bond donors (Lipinski definition) is 0. The molecule has 2 rings (SSSR count). The van der Waals surface area contributed by atoms with Crippen molar-refractivity contribution in [2.45, 2.75) is 58.7 Å². The number of hydrogen-bond acceptors (Lipinski definition) is 2. The molecule has 1 atom stereocenters. The topological polar surface area (TPSA) is 18.5 Å². The Balaban J connectivity index is 2.40. The molecule has 2 nitrogen and oxygen atoms in total. The van der Waals surface area contributed by atoms with Gasteiger partial charge in [0.2, 0.25) is 0 Å². The first-order valence-electron chi connectivity index (χ1n) is 6.37. The minimum Gasteiger partial charge on any atom is -0.487 e. The molecule has 0 fully saturated rings. The molecule has 0 unspecified atom stereocenters. The van der Waals surface area contributed by atoms with E-state index in [0.29, 0.717) is 5.92 Å². The number of rotatable bonds is 1. The Bertz CT molecular complexity index is 407. The lowest BCUT2D eigenvalue weighted by molar-refractivity contribution is 0.0810. The summed E-state index contributed by atoms with van der Waals surface area (Å²) in [5, 5.41) is 0. The van der Waals surface area contributed by atoms with Crippen LogP contribution in [0.3, 0.4) is 0 Å². The largest absolute Gasteiger partial charge is 0.487 e. The molecule has 0 aliphatic carbocycles. The maximum absolute atomic E-state index is 6.08. The van der Waals surface area contributed by atoms with Crippen LogP contribution in [0.5, 0.6) is 11.5 Å². The molecule has 94 valence electrons. The van der Waals surface area contributed by atoms with E-state index in [2.05, 4.69) is 46.8 Å². The molecule has 0 amide bonds. The fraction of sp³-hybridized carbons (Fsp3) is 0.600. The van der Waals surface area contributed by atoms with Crippen molar-refractivity contribution in [1.82, 2.24) is 0 Å². The molecule has 0 radical (unpaired) electrons. The summed E-state index contributed by atoms with van der Waals surface area (Å²) in [5.74, 6) is 2.26. The second-order valence-corrected chi connectivity index (χ2v) is 5.86. The van der Waals surface area contributed by atoms with Gasteiger partial charge < -0.3 is 9.47 Å². The van der Waals surface area contributed by atoms with Crippen molar-refractivity contribution in [3.63, 3.8) is 0 Å². The number of fused-ring (bicyclic) bond motifs is 1. The highest BCUT2D eigenvalue weighted by Crippen LogP contribution is 2.38.